The van der Waals surface area contributed by atoms with Gasteiger partial charge in [0.15, 0.2) is 5.58 Å². The Bertz CT molecular complexity index is 436. The van der Waals surface area contributed by atoms with E-state index in [2.05, 4.69) is 5.16 Å². The molecule has 0 radical (unpaired) electrons. The smallest absolute Gasteiger partial charge is 0.190 e. The van der Waals surface area contributed by atoms with Crippen molar-refractivity contribution in [2.24, 2.45) is 0 Å². The van der Waals surface area contributed by atoms with Crippen LogP contribution in [0.25, 0.3) is 11.0 Å². The number of benzene rings is 1. The molecule has 0 aliphatic rings. The number of halogens is 1. The fourth-order valence-corrected chi connectivity index (χ4v) is 1.29. The van der Waals surface area contributed by atoms with E-state index in [1.54, 1.807) is 18.2 Å². The zero-order valence-electron chi connectivity index (χ0n) is 7.12. The SMILES string of the molecule is CC(F)c1noc2c(N)cccc12. The summed E-state index contributed by atoms with van der Waals surface area (Å²) in [6.45, 7) is 1.42. The van der Waals surface area contributed by atoms with Crippen molar-refractivity contribution in [3.8, 4) is 0 Å². The van der Waals surface area contributed by atoms with Crippen LogP contribution in [0.3, 0.4) is 0 Å². The van der Waals surface area contributed by atoms with Crippen molar-refractivity contribution in [1.82, 2.24) is 5.16 Å². The van der Waals surface area contributed by atoms with Crippen molar-refractivity contribution < 1.29 is 8.91 Å². The molecule has 1 heterocycles. The van der Waals surface area contributed by atoms with E-state index in [-0.39, 0.29) is 0 Å². The van der Waals surface area contributed by atoms with E-state index >= 15 is 0 Å². The van der Waals surface area contributed by atoms with Gasteiger partial charge in [-0.2, -0.15) is 0 Å². The Hall–Kier alpha value is -1.58. The van der Waals surface area contributed by atoms with Crippen LogP contribution < -0.4 is 5.73 Å². The normalized spacial score (nSPS) is 13.4. The summed E-state index contributed by atoms with van der Waals surface area (Å²) in [6.07, 6.45) is -1.14. The Balaban J connectivity index is 2.75. The zero-order valence-corrected chi connectivity index (χ0v) is 7.12. The van der Waals surface area contributed by atoms with E-state index in [9.17, 15) is 4.39 Å². The van der Waals surface area contributed by atoms with Gasteiger partial charge in [0.2, 0.25) is 0 Å². The number of fused-ring (bicyclic) bond motifs is 1. The van der Waals surface area contributed by atoms with Crippen LogP contribution in [-0.2, 0) is 0 Å². The molecule has 0 fully saturated rings. The summed E-state index contributed by atoms with van der Waals surface area (Å²) in [5, 5.41) is 4.27. The second-order valence-corrected chi connectivity index (χ2v) is 2.91. The van der Waals surface area contributed by atoms with Crippen LogP contribution in [0.4, 0.5) is 10.1 Å². The van der Waals surface area contributed by atoms with Crippen LogP contribution in [0.15, 0.2) is 22.7 Å². The molecular formula is C9H9FN2O. The summed E-state index contributed by atoms with van der Waals surface area (Å²) < 4.78 is 17.9. The number of hydrogen-bond donors (Lipinski definition) is 1. The number of hydrogen-bond acceptors (Lipinski definition) is 3. The molecule has 0 amide bonds. The van der Waals surface area contributed by atoms with E-state index in [1.165, 1.54) is 6.92 Å². The number of nitrogens with two attached hydrogens (primary N) is 1. The van der Waals surface area contributed by atoms with Gasteiger partial charge in [0.05, 0.1) is 11.1 Å². The second kappa shape index (κ2) is 2.73. The highest BCUT2D eigenvalue weighted by atomic mass is 19.1. The fraction of sp³-hybridized carbons (Fsp3) is 0.222. The van der Waals surface area contributed by atoms with Crippen molar-refractivity contribution >= 4 is 16.7 Å². The highest BCUT2D eigenvalue weighted by molar-refractivity contribution is 5.89. The van der Waals surface area contributed by atoms with Gasteiger partial charge in [0, 0.05) is 0 Å². The predicted molar refractivity (Wildman–Crippen MR) is 47.9 cm³/mol. The van der Waals surface area contributed by atoms with Crippen LogP contribution in [0.2, 0.25) is 0 Å². The standard InChI is InChI=1S/C9H9FN2O/c1-5(10)8-6-3-2-4-7(11)9(6)13-12-8/h2-5H,11H2,1H3. The van der Waals surface area contributed by atoms with Gasteiger partial charge >= 0.3 is 0 Å². The largest absolute Gasteiger partial charge is 0.396 e. The average molecular weight is 180 g/mol. The van der Waals surface area contributed by atoms with Gasteiger partial charge < -0.3 is 10.3 Å². The first kappa shape index (κ1) is 8.04. The Morgan fingerprint density at radius 2 is 2.31 bits per heavy atom. The lowest BCUT2D eigenvalue weighted by Gasteiger charge is -1.95. The summed E-state index contributed by atoms with van der Waals surface area (Å²) in [5.74, 6) is 0. The first-order chi connectivity index (χ1) is 6.20. The molecule has 3 nitrogen and oxygen atoms in total. The highest BCUT2D eigenvalue weighted by Gasteiger charge is 2.14. The molecule has 1 aromatic carbocycles. The quantitative estimate of drug-likeness (QED) is 0.685. The first-order valence-electron chi connectivity index (χ1n) is 3.98. The Kier molecular flexibility index (Phi) is 1.69. The van der Waals surface area contributed by atoms with Gasteiger partial charge in [-0.25, -0.2) is 4.39 Å². The summed E-state index contributed by atoms with van der Waals surface area (Å²) in [4.78, 5) is 0. The number of rotatable bonds is 1. The molecule has 0 aliphatic heterocycles. The minimum Gasteiger partial charge on any atom is -0.396 e. The summed E-state index contributed by atoms with van der Waals surface area (Å²) in [7, 11) is 0. The summed E-state index contributed by atoms with van der Waals surface area (Å²) >= 11 is 0. The lowest BCUT2D eigenvalue weighted by Crippen LogP contribution is -1.86. The molecule has 68 valence electrons. The van der Waals surface area contributed by atoms with Crippen molar-refractivity contribution in [3.05, 3.63) is 23.9 Å². The fourth-order valence-electron chi connectivity index (χ4n) is 1.29. The Morgan fingerprint density at radius 1 is 1.54 bits per heavy atom. The molecule has 1 atom stereocenters. The maximum absolute atomic E-state index is 13.0. The third kappa shape index (κ3) is 1.14. The van der Waals surface area contributed by atoms with Crippen LogP contribution in [0, 0.1) is 0 Å². The number of nitrogen functional groups attached to an aromatic ring is 1. The maximum atomic E-state index is 13.0. The molecule has 0 bridgehead atoms. The summed E-state index contributed by atoms with van der Waals surface area (Å²) in [5.41, 5.74) is 6.86. The molecule has 1 aromatic heterocycles. The summed E-state index contributed by atoms with van der Waals surface area (Å²) in [6, 6.07) is 5.19. The molecular weight excluding hydrogens is 171 g/mol. The topological polar surface area (TPSA) is 52.0 Å². The van der Waals surface area contributed by atoms with Crippen LogP contribution in [-0.4, -0.2) is 5.16 Å². The molecule has 13 heavy (non-hydrogen) atoms. The van der Waals surface area contributed by atoms with Gasteiger partial charge in [-0.3, -0.25) is 0 Å². The minimum atomic E-state index is -1.14. The molecule has 0 aliphatic carbocycles. The number of alkyl halides is 1. The lowest BCUT2D eigenvalue weighted by molar-refractivity contribution is 0.342. The number of nitrogens with zero attached hydrogens (tertiary/aromatic N) is 1. The van der Waals surface area contributed by atoms with Gasteiger partial charge in [-0.15, -0.1) is 0 Å². The molecule has 4 heteroatoms. The van der Waals surface area contributed by atoms with Gasteiger partial charge in [0.1, 0.15) is 11.9 Å². The highest BCUT2D eigenvalue weighted by Crippen LogP contribution is 2.28. The van der Waals surface area contributed by atoms with Crippen molar-refractivity contribution in [2.75, 3.05) is 5.73 Å². The van der Waals surface area contributed by atoms with E-state index in [4.69, 9.17) is 10.3 Å². The Morgan fingerprint density at radius 3 is 3.00 bits per heavy atom. The van der Waals surface area contributed by atoms with E-state index in [1.807, 2.05) is 0 Å². The molecule has 0 saturated carbocycles. The predicted octanol–water partition coefficient (Wildman–Crippen LogP) is 2.44. The molecule has 2 aromatic rings. The maximum Gasteiger partial charge on any atom is 0.190 e. The lowest BCUT2D eigenvalue weighted by atomic mass is 10.1. The minimum absolute atomic E-state index is 0.308. The van der Waals surface area contributed by atoms with Crippen molar-refractivity contribution in [2.45, 2.75) is 13.1 Å². The molecule has 2 rings (SSSR count). The number of anilines is 1. The third-order valence-electron chi connectivity index (χ3n) is 1.93. The Labute approximate surface area is 74.3 Å². The monoisotopic (exact) mass is 180 g/mol. The first-order valence-corrected chi connectivity index (χ1v) is 3.98. The van der Waals surface area contributed by atoms with Crippen LogP contribution in [0.1, 0.15) is 18.8 Å². The molecule has 0 spiro atoms. The zero-order chi connectivity index (χ0) is 9.42. The average Bonchev–Trinajstić information content (AvgIpc) is 2.48. The van der Waals surface area contributed by atoms with Crippen LogP contribution >= 0.6 is 0 Å². The molecule has 0 saturated heterocycles. The van der Waals surface area contributed by atoms with E-state index in [0.717, 1.165) is 0 Å². The van der Waals surface area contributed by atoms with Gasteiger partial charge in [0.25, 0.3) is 0 Å². The van der Waals surface area contributed by atoms with Crippen LogP contribution in [0.5, 0.6) is 0 Å². The van der Waals surface area contributed by atoms with E-state index < -0.39 is 6.17 Å². The third-order valence-corrected chi connectivity index (χ3v) is 1.93. The number of para-hydroxylation sites is 1. The van der Waals surface area contributed by atoms with Gasteiger partial charge in [-0.05, 0) is 19.1 Å². The molecule has 2 N–H and O–H groups in total. The van der Waals surface area contributed by atoms with Crippen molar-refractivity contribution in [1.29, 1.82) is 0 Å². The van der Waals surface area contributed by atoms with E-state index in [0.29, 0.717) is 22.4 Å². The van der Waals surface area contributed by atoms with Crippen molar-refractivity contribution in [3.63, 3.8) is 0 Å². The number of aromatic nitrogens is 1. The second-order valence-electron chi connectivity index (χ2n) is 2.91. The molecule has 1 unspecified atom stereocenters. The van der Waals surface area contributed by atoms with Gasteiger partial charge in [-0.1, -0.05) is 11.2 Å².